The van der Waals surface area contributed by atoms with Crippen LogP contribution < -0.4 is 15.4 Å². The number of hydrogen-bond acceptors (Lipinski definition) is 4. The summed E-state index contributed by atoms with van der Waals surface area (Å²) in [5, 5.41) is 0. The number of ether oxygens (including phenoxy) is 1. The maximum absolute atomic E-state index is 6.07. The summed E-state index contributed by atoms with van der Waals surface area (Å²) >= 11 is 0. The van der Waals surface area contributed by atoms with Crippen LogP contribution in [0.15, 0.2) is 66.9 Å². The van der Waals surface area contributed by atoms with Gasteiger partial charge in [-0.25, -0.2) is 4.98 Å². The van der Waals surface area contributed by atoms with E-state index in [4.69, 9.17) is 10.5 Å². The quantitative estimate of drug-likeness (QED) is 0.743. The second kappa shape index (κ2) is 7.80. The van der Waals surface area contributed by atoms with E-state index < -0.39 is 0 Å². The van der Waals surface area contributed by atoms with Crippen molar-refractivity contribution in [1.29, 1.82) is 0 Å². The molecule has 0 bridgehead atoms. The maximum Gasteiger partial charge on any atom is 0.213 e. The molecule has 1 atom stereocenters. The Balaban J connectivity index is 1.49. The highest BCUT2D eigenvalue weighted by molar-refractivity contribution is 5.69. The first-order valence-electron chi connectivity index (χ1n) is 9.45. The van der Waals surface area contributed by atoms with Gasteiger partial charge in [-0.1, -0.05) is 42.5 Å². The zero-order valence-electron chi connectivity index (χ0n) is 15.6. The molecule has 0 radical (unpaired) electrons. The molecule has 0 amide bonds. The van der Waals surface area contributed by atoms with Crippen molar-refractivity contribution >= 4 is 5.69 Å². The number of nitrogens with two attached hydrogens (primary N) is 1. The first kappa shape index (κ1) is 17.6. The Labute approximate surface area is 160 Å². The highest BCUT2D eigenvalue weighted by Crippen LogP contribution is 2.30. The molecule has 1 fully saturated rings. The van der Waals surface area contributed by atoms with Crippen molar-refractivity contribution in [3.05, 3.63) is 78.0 Å². The fourth-order valence-electron chi connectivity index (χ4n) is 3.61. The minimum absolute atomic E-state index is 0.152. The van der Waals surface area contributed by atoms with E-state index in [1.54, 1.807) is 0 Å². The van der Waals surface area contributed by atoms with Gasteiger partial charge in [0, 0.05) is 37.5 Å². The fraction of sp³-hybridized carbons (Fsp3) is 0.261. The molecule has 0 unspecified atom stereocenters. The van der Waals surface area contributed by atoms with Gasteiger partial charge < -0.3 is 15.4 Å². The molecule has 2 heterocycles. The van der Waals surface area contributed by atoms with Crippen LogP contribution in [0.1, 0.15) is 17.5 Å². The number of rotatable bonds is 5. The largest absolute Gasteiger partial charge is 0.472 e. The highest BCUT2D eigenvalue weighted by atomic mass is 16.5. The van der Waals surface area contributed by atoms with Gasteiger partial charge >= 0.3 is 0 Å². The van der Waals surface area contributed by atoms with Gasteiger partial charge in [0.2, 0.25) is 5.88 Å². The van der Waals surface area contributed by atoms with Gasteiger partial charge in [-0.05, 0) is 41.3 Å². The van der Waals surface area contributed by atoms with Crippen LogP contribution in [-0.4, -0.2) is 24.2 Å². The van der Waals surface area contributed by atoms with Crippen LogP contribution in [0.5, 0.6) is 5.88 Å². The Morgan fingerprint density at radius 1 is 1.07 bits per heavy atom. The second-order valence-corrected chi connectivity index (χ2v) is 7.06. The molecule has 4 nitrogen and oxygen atoms in total. The Hall–Kier alpha value is -2.85. The molecule has 4 rings (SSSR count). The van der Waals surface area contributed by atoms with E-state index >= 15 is 0 Å². The summed E-state index contributed by atoms with van der Waals surface area (Å²) in [6, 6.07) is 21.0. The number of pyridine rings is 1. The molecule has 138 valence electrons. The maximum atomic E-state index is 6.07. The van der Waals surface area contributed by atoms with E-state index in [0.29, 0.717) is 12.4 Å². The molecule has 0 saturated carbocycles. The summed E-state index contributed by atoms with van der Waals surface area (Å²) in [5.74, 6) is 0.700. The van der Waals surface area contributed by atoms with E-state index in [0.717, 1.165) is 25.1 Å². The summed E-state index contributed by atoms with van der Waals surface area (Å²) in [4.78, 5) is 6.73. The number of nitrogens with zero attached hydrogens (tertiary/aromatic N) is 2. The average molecular weight is 359 g/mol. The second-order valence-electron chi connectivity index (χ2n) is 7.06. The lowest BCUT2D eigenvalue weighted by molar-refractivity contribution is 0.216. The molecule has 2 aromatic carbocycles. The van der Waals surface area contributed by atoms with Gasteiger partial charge in [-0.15, -0.1) is 0 Å². The SMILES string of the molecule is Cc1ccc(O[C@@H]2CCN(c3ccc(-c4ccccc4)cc3CN)C2)nc1. The third-order valence-electron chi connectivity index (χ3n) is 5.06. The Kier molecular flexibility index (Phi) is 5.07. The summed E-state index contributed by atoms with van der Waals surface area (Å²) in [6.07, 6.45) is 2.98. The van der Waals surface area contributed by atoms with Crippen LogP contribution in [0.25, 0.3) is 11.1 Å². The number of hydrogen-bond donors (Lipinski definition) is 1. The van der Waals surface area contributed by atoms with Gasteiger partial charge in [0.15, 0.2) is 0 Å². The molecule has 1 aliphatic rings. The molecule has 3 aromatic rings. The highest BCUT2D eigenvalue weighted by Gasteiger charge is 2.26. The molecule has 0 spiro atoms. The normalized spacial score (nSPS) is 16.5. The number of anilines is 1. The predicted octanol–water partition coefficient (Wildman–Crippen LogP) is 4.17. The van der Waals surface area contributed by atoms with Gasteiger partial charge in [0.05, 0.1) is 6.54 Å². The van der Waals surface area contributed by atoms with Crippen LogP contribution in [0.4, 0.5) is 5.69 Å². The van der Waals surface area contributed by atoms with Crippen molar-refractivity contribution in [2.24, 2.45) is 5.73 Å². The Morgan fingerprint density at radius 3 is 2.67 bits per heavy atom. The lowest BCUT2D eigenvalue weighted by Gasteiger charge is -2.22. The number of aromatic nitrogens is 1. The van der Waals surface area contributed by atoms with E-state index in [9.17, 15) is 0 Å². The van der Waals surface area contributed by atoms with Crippen molar-refractivity contribution < 1.29 is 4.74 Å². The zero-order valence-corrected chi connectivity index (χ0v) is 15.6. The monoisotopic (exact) mass is 359 g/mol. The molecule has 27 heavy (non-hydrogen) atoms. The summed E-state index contributed by atoms with van der Waals surface area (Å²) in [7, 11) is 0. The molecular formula is C23H25N3O. The van der Waals surface area contributed by atoms with Crippen molar-refractivity contribution in [2.75, 3.05) is 18.0 Å². The smallest absolute Gasteiger partial charge is 0.213 e. The summed E-state index contributed by atoms with van der Waals surface area (Å²) in [5.41, 5.74) is 12.0. The van der Waals surface area contributed by atoms with Crippen LogP contribution in [0.3, 0.4) is 0 Å². The van der Waals surface area contributed by atoms with Crippen LogP contribution >= 0.6 is 0 Å². The lowest BCUT2D eigenvalue weighted by Crippen LogP contribution is -2.26. The first-order valence-corrected chi connectivity index (χ1v) is 9.45. The average Bonchev–Trinajstić information content (AvgIpc) is 3.18. The summed E-state index contributed by atoms with van der Waals surface area (Å²) in [6.45, 7) is 4.38. The molecule has 1 aromatic heterocycles. The van der Waals surface area contributed by atoms with E-state index in [1.807, 2.05) is 31.3 Å². The zero-order chi connectivity index (χ0) is 18.6. The predicted molar refractivity (Wildman–Crippen MR) is 110 cm³/mol. The summed E-state index contributed by atoms with van der Waals surface area (Å²) < 4.78 is 6.06. The molecule has 1 aliphatic heterocycles. The van der Waals surface area contributed by atoms with Crippen molar-refractivity contribution in [2.45, 2.75) is 26.0 Å². The van der Waals surface area contributed by atoms with E-state index in [-0.39, 0.29) is 6.10 Å². The first-order chi connectivity index (χ1) is 13.2. The molecular weight excluding hydrogens is 334 g/mol. The van der Waals surface area contributed by atoms with Crippen molar-refractivity contribution in [3.8, 4) is 17.0 Å². The standard InChI is InChI=1S/C23H25N3O/c1-17-7-10-23(25-15-17)27-21-11-12-26(16-21)22-9-8-19(13-20(22)14-24)18-5-3-2-4-6-18/h2-10,13,15,21H,11-12,14,16,24H2,1H3/t21-/m1/s1. The van der Waals surface area contributed by atoms with Crippen molar-refractivity contribution in [1.82, 2.24) is 4.98 Å². The van der Waals surface area contributed by atoms with Crippen LogP contribution in [-0.2, 0) is 6.54 Å². The topological polar surface area (TPSA) is 51.4 Å². The minimum Gasteiger partial charge on any atom is -0.472 e. The molecule has 0 aliphatic carbocycles. The fourth-order valence-corrected chi connectivity index (χ4v) is 3.61. The van der Waals surface area contributed by atoms with E-state index in [2.05, 4.69) is 52.3 Å². The van der Waals surface area contributed by atoms with E-state index in [1.165, 1.54) is 22.4 Å². The molecule has 2 N–H and O–H groups in total. The van der Waals surface area contributed by atoms with Crippen LogP contribution in [0.2, 0.25) is 0 Å². The third kappa shape index (κ3) is 3.96. The lowest BCUT2D eigenvalue weighted by atomic mass is 10.0. The minimum atomic E-state index is 0.152. The van der Waals surface area contributed by atoms with Crippen LogP contribution in [0, 0.1) is 6.92 Å². The van der Waals surface area contributed by atoms with Gasteiger partial charge in [0.25, 0.3) is 0 Å². The van der Waals surface area contributed by atoms with Gasteiger partial charge in [-0.3, -0.25) is 0 Å². The van der Waals surface area contributed by atoms with Gasteiger partial charge in [-0.2, -0.15) is 0 Å². The third-order valence-corrected chi connectivity index (χ3v) is 5.06. The number of aryl methyl sites for hydroxylation is 1. The van der Waals surface area contributed by atoms with Crippen molar-refractivity contribution in [3.63, 3.8) is 0 Å². The Bertz CT molecular complexity index is 893. The number of benzene rings is 2. The molecule has 1 saturated heterocycles. The molecule has 4 heteroatoms. The Morgan fingerprint density at radius 2 is 1.93 bits per heavy atom. The van der Waals surface area contributed by atoms with Gasteiger partial charge in [0.1, 0.15) is 6.10 Å².